The Hall–Kier alpha value is -1.74. The number of benzene rings is 1. The Morgan fingerprint density at radius 1 is 1.38 bits per heavy atom. The quantitative estimate of drug-likeness (QED) is 0.777. The molecule has 3 heteroatoms. The van der Waals surface area contributed by atoms with Crippen LogP contribution in [-0.4, -0.2) is 36.7 Å². The number of nitrogens with one attached hydrogen (secondary N) is 1. The van der Waals surface area contributed by atoms with Crippen LogP contribution < -0.4 is 10.1 Å². The number of ether oxygens (including phenoxy) is 1. The number of fused-ring (bicyclic) bond motifs is 1. The minimum atomic E-state index is 0.234. The number of nitrogens with zero attached hydrogens (tertiary/aromatic N) is 1. The number of hydrogen-bond acceptors (Lipinski definition) is 3. The molecule has 2 rings (SSSR count). The molecule has 0 saturated carbocycles. The first-order valence-electron chi connectivity index (χ1n) is 7.63. The molecule has 0 aliphatic carbocycles. The van der Waals surface area contributed by atoms with Crippen LogP contribution in [0.2, 0.25) is 0 Å². The summed E-state index contributed by atoms with van der Waals surface area (Å²) in [5, 5.41) is 3.43. The molecule has 114 valence electrons. The fourth-order valence-corrected chi connectivity index (χ4v) is 2.69. The minimum Gasteiger partial charge on any atom is -0.487 e. The molecular formula is C18H26N2O. The van der Waals surface area contributed by atoms with Crippen LogP contribution in [0.3, 0.4) is 0 Å². The van der Waals surface area contributed by atoms with E-state index in [2.05, 4.69) is 55.4 Å². The molecule has 0 aromatic heterocycles. The van der Waals surface area contributed by atoms with Gasteiger partial charge < -0.3 is 10.1 Å². The van der Waals surface area contributed by atoms with Gasteiger partial charge in [0.2, 0.25) is 0 Å². The topological polar surface area (TPSA) is 24.5 Å². The van der Waals surface area contributed by atoms with Crippen LogP contribution in [0.4, 0.5) is 5.69 Å². The molecule has 0 bridgehead atoms. The van der Waals surface area contributed by atoms with Gasteiger partial charge in [0.15, 0.2) is 0 Å². The molecule has 2 atom stereocenters. The lowest BCUT2D eigenvalue weighted by Crippen LogP contribution is -2.35. The summed E-state index contributed by atoms with van der Waals surface area (Å²) in [7, 11) is 0. The van der Waals surface area contributed by atoms with Crippen molar-refractivity contribution in [3.8, 4) is 5.75 Å². The second-order valence-corrected chi connectivity index (χ2v) is 5.72. The summed E-state index contributed by atoms with van der Waals surface area (Å²) >= 11 is 0. The van der Waals surface area contributed by atoms with Gasteiger partial charge in [-0.15, -0.1) is 13.2 Å². The van der Waals surface area contributed by atoms with Crippen molar-refractivity contribution in [2.45, 2.75) is 32.4 Å². The number of anilines is 1. The van der Waals surface area contributed by atoms with Gasteiger partial charge in [-0.25, -0.2) is 0 Å². The van der Waals surface area contributed by atoms with E-state index in [1.54, 1.807) is 0 Å². The molecular weight excluding hydrogens is 260 g/mol. The maximum absolute atomic E-state index is 5.82. The SMILES string of the molecule is C=CCN(CC=C)C(C)Cc1ccc2c(c1)NCC(C)O2. The molecule has 0 radical (unpaired) electrons. The highest BCUT2D eigenvalue weighted by atomic mass is 16.5. The summed E-state index contributed by atoms with van der Waals surface area (Å²) in [6, 6.07) is 6.89. The lowest BCUT2D eigenvalue weighted by molar-refractivity contribution is 0.225. The Balaban J connectivity index is 2.05. The molecule has 1 aliphatic rings. The highest BCUT2D eigenvalue weighted by molar-refractivity contribution is 5.59. The van der Waals surface area contributed by atoms with Crippen molar-refractivity contribution in [2.75, 3.05) is 25.0 Å². The molecule has 0 saturated heterocycles. The predicted octanol–water partition coefficient (Wildman–Crippen LogP) is 3.48. The van der Waals surface area contributed by atoms with Crippen LogP contribution in [-0.2, 0) is 6.42 Å². The van der Waals surface area contributed by atoms with Crippen molar-refractivity contribution < 1.29 is 4.74 Å². The second kappa shape index (κ2) is 7.32. The van der Waals surface area contributed by atoms with E-state index in [0.29, 0.717) is 6.04 Å². The van der Waals surface area contributed by atoms with Crippen molar-refractivity contribution >= 4 is 5.69 Å². The van der Waals surface area contributed by atoms with Crippen molar-refractivity contribution in [1.29, 1.82) is 0 Å². The smallest absolute Gasteiger partial charge is 0.142 e. The van der Waals surface area contributed by atoms with Crippen molar-refractivity contribution in [3.05, 3.63) is 49.1 Å². The van der Waals surface area contributed by atoms with E-state index in [1.165, 1.54) is 5.56 Å². The summed E-state index contributed by atoms with van der Waals surface area (Å²) < 4.78 is 5.82. The Morgan fingerprint density at radius 3 is 2.76 bits per heavy atom. The third-order valence-electron chi connectivity index (χ3n) is 3.83. The normalized spacial score (nSPS) is 18.3. The Kier molecular flexibility index (Phi) is 5.45. The first kappa shape index (κ1) is 15.6. The summed E-state index contributed by atoms with van der Waals surface area (Å²) in [6.45, 7) is 14.6. The average molecular weight is 286 g/mol. The lowest BCUT2D eigenvalue weighted by atomic mass is 10.0. The molecule has 2 unspecified atom stereocenters. The molecule has 0 fully saturated rings. The monoisotopic (exact) mass is 286 g/mol. The largest absolute Gasteiger partial charge is 0.487 e. The molecule has 1 N–H and O–H groups in total. The van der Waals surface area contributed by atoms with Gasteiger partial charge in [-0.3, -0.25) is 4.90 Å². The lowest BCUT2D eigenvalue weighted by Gasteiger charge is -2.28. The fourth-order valence-electron chi connectivity index (χ4n) is 2.69. The molecule has 1 aromatic carbocycles. The summed E-state index contributed by atoms with van der Waals surface area (Å²) in [4.78, 5) is 2.37. The molecule has 0 spiro atoms. The predicted molar refractivity (Wildman–Crippen MR) is 90.2 cm³/mol. The van der Waals surface area contributed by atoms with Crippen molar-refractivity contribution in [3.63, 3.8) is 0 Å². The highest BCUT2D eigenvalue weighted by Gasteiger charge is 2.17. The zero-order valence-electron chi connectivity index (χ0n) is 13.1. The van der Waals surface area contributed by atoms with E-state index in [1.807, 2.05) is 12.2 Å². The molecule has 3 nitrogen and oxygen atoms in total. The molecule has 21 heavy (non-hydrogen) atoms. The van der Waals surface area contributed by atoms with Gasteiger partial charge in [-0.1, -0.05) is 18.2 Å². The highest BCUT2D eigenvalue weighted by Crippen LogP contribution is 2.30. The first-order chi connectivity index (χ1) is 10.1. The van der Waals surface area contributed by atoms with Gasteiger partial charge in [0.05, 0.1) is 12.2 Å². The zero-order valence-corrected chi connectivity index (χ0v) is 13.1. The zero-order chi connectivity index (χ0) is 15.2. The average Bonchev–Trinajstić information content (AvgIpc) is 2.47. The fraction of sp³-hybridized carbons (Fsp3) is 0.444. The van der Waals surface area contributed by atoms with E-state index < -0.39 is 0 Å². The number of rotatable bonds is 7. The van der Waals surface area contributed by atoms with Gasteiger partial charge in [-0.2, -0.15) is 0 Å². The summed E-state index contributed by atoms with van der Waals surface area (Å²) in [6.07, 6.45) is 5.14. The van der Waals surface area contributed by atoms with Gasteiger partial charge in [0.25, 0.3) is 0 Å². The van der Waals surface area contributed by atoms with Gasteiger partial charge in [0.1, 0.15) is 11.9 Å². The van der Waals surface area contributed by atoms with Gasteiger partial charge >= 0.3 is 0 Å². The van der Waals surface area contributed by atoms with Crippen LogP contribution in [0.25, 0.3) is 0 Å². The Labute approximate surface area is 128 Å². The van der Waals surface area contributed by atoms with E-state index in [0.717, 1.165) is 37.5 Å². The van der Waals surface area contributed by atoms with E-state index in [4.69, 9.17) is 4.74 Å². The molecule has 1 heterocycles. The number of hydrogen-bond donors (Lipinski definition) is 1. The third-order valence-corrected chi connectivity index (χ3v) is 3.83. The first-order valence-corrected chi connectivity index (χ1v) is 7.63. The standard InChI is InChI=1S/C18H26N2O/c1-5-9-20(10-6-2)14(3)11-16-7-8-18-17(12-16)19-13-15(4)21-18/h5-8,12,14-15,19H,1-2,9-11,13H2,3-4H3. The van der Waals surface area contributed by atoms with Gasteiger partial charge in [-0.05, 0) is 38.0 Å². The minimum absolute atomic E-state index is 0.234. The van der Waals surface area contributed by atoms with Crippen molar-refractivity contribution in [1.82, 2.24) is 4.90 Å². The third kappa shape index (κ3) is 4.11. The van der Waals surface area contributed by atoms with E-state index >= 15 is 0 Å². The van der Waals surface area contributed by atoms with Crippen LogP contribution >= 0.6 is 0 Å². The Bertz CT molecular complexity index is 488. The maximum Gasteiger partial charge on any atom is 0.142 e. The van der Waals surface area contributed by atoms with Crippen molar-refractivity contribution in [2.24, 2.45) is 0 Å². The van der Waals surface area contributed by atoms with Crippen LogP contribution in [0.5, 0.6) is 5.75 Å². The van der Waals surface area contributed by atoms with Crippen LogP contribution in [0, 0.1) is 0 Å². The summed E-state index contributed by atoms with van der Waals surface area (Å²) in [5.74, 6) is 0.958. The van der Waals surface area contributed by atoms with Gasteiger partial charge in [0, 0.05) is 19.1 Å². The summed E-state index contributed by atoms with van der Waals surface area (Å²) in [5.41, 5.74) is 2.43. The molecule has 1 aliphatic heterocycles. The van der Waals surface area contributed by atoms with E-state index in [-0.39, 0.29) is 6.10 Å². The maximum atomic E-state index is 5.82. The Morgan fingerprint density at radius 2 is 2.10 bits per heavy atom. The van der Waals surface area contributed by atoms with Crippen LogP contribution in [0.1, 0.15) is 19.4 Å². The van der Waals surface area contributed by atoms with E-state index in [9.17, 15) is 0 Å². The molecule has 0 amide bonds. The second-order valence-electron chi connectivity index (χ2n) is 5.72. The molecule has 1 aromatic rings. The van der Waals surface area contributed by atoms with Crippen LogP contribution in [0.15, 0.2) is 43.5 Å².